The Morgan fingerprint density at radius 1 is 1.53 bits per heavy atom. The monoisotopic (exact) mass is 244 g/mol. The second-order valence-corrected chi connectivity index (χ2v) is 3.61. The second kappa shape index (κ2) is 5.79. The molecule has 0 saturated carbocycles. The molecule has 80 valence electrons. The van der Waals surface area contributed by atoms with E-state index in [1.54, 1.807) is 31.2 Å². The van der Waals surface area contributed by atoms with Crippen molar-refractivity contribution in [3.05, 3.63) is 39.9 Å². The van der Waals surface area contributed by atoms with Gasteiger partial charge in [0.2, 0.25) is 0 Å². The number of rotatable bonds is 3. The van der Waals surface area contributed by atoms with E-state index in [0.29, 0.717) is 11.6 Å². The summed E-state index contributed by atoms with van der Waals surface area (Å²) in [4.78, 5) is 11.2. The molecule has 15 heavy (non-hydrogen) atoms. The fourth-order valence-corrected chi connectivity index (χ4v) is 1.38. The number of ether oxygens (including phenoxy) is 1. The van der Waals surface area contributed by atoms with Gasteiger partial charge in [-0.15, -0.1) is 0 Å². The molecule has 4 heteroatoms. The maximum Gasteiger partial charge on any atom is 0.349 e. The number of hydrogen-bond acceptors (Lipinski definition) is 2. The van der Waals surface area contributed by atoms with E-state index in [4.69, 9.17) is 27.9 Å². The van der Waals surface area contributed by atoms with Crippen molar-refractivity contribution in [1.29, 1.82) is 0 Å². The molecule has 0 aromatic heterocycles. The fraction of sp³-hybridized carbons (Fsp3) is 0.182. The first kappa shape index (κ1) is 12.1. The van der Waals surface area contributed by atoms with Gasteiger partial charge in [-0.05, 0) is 30.7 Å². The van der Waals surface area contributed by atoms with Gasteiger partial charge in [0.25, 0.3) is 0 Å². The maximum atomic E-state index is 11.2. The molecule has 0 aliphatic rings. The molecule has 1 rings (SSSR count). The van der Waals surface area contributed by atoms with Gasteiger partial charge in [0.1, 0.15) is 5.03 Å². The van der Waals surface area contributed by atoms with E-state index in [-0.39, 0.29) is 5.03 Å². The standard InChI is InChI=1S/C11H10Cl2O2/c1-2-15-11(14)10(13)7-8-4-3-5-9(12)6-8/h3-7H,2H2,1H3. The van der Waals surface area contributed by atoms with E-state index >= 15 is 0 Å². The third-order valence-electron chi connectivity index (χ3n) is 1.61. The van der Waals surface area contributed by atoms with Gasteiger partial charge in [0.15, 0.2) is 0 Å². The summed E-state index contributed by atoms with van der Waals surface area (Å²) < 4.78 is 4.73. The van der Waals surface area contributed by atoms with E-state index in [2.05, 4.69) is 0 Å². The Labute approximate surface area is 98.4 Å². The molecule has 0 spiro atoms. The zero-order valence-electron chi connectivity index (χ0n) is 8.17. The molecule has 0 amide bonds. The molecule has 0 radical (unpaired) electrons. The van der Waals surface area contributed by atoms with Crippen molar-refractivity contribution in [3.63, 3.8) is 0 Å². The lowest BCUT2D eigenvalue weighted by Crippen LogP contribution is -2.03. The summed E-state index contributed by atoms with van der Waals surface area (Å²) in [6.45, 7) is 2.03. The van der Waals surface area contributed by atoms with Gasteiger partial charge in [-0.25, -0.2) is 4.79 Å². The van der Waals surface area contributed by atoms with Crippen LogP contribution in [-0.2, 0) is 9.53 Å². The van der Waals surface area contributed by atoms with Crippen LogP contribution in [0.25, 0.3) is 6.08 Å². The summed E-state index contributed by atoms with van der Waals surface area (Å²) in [6.07, 6.45) is 1.52. The van der Waals surface area contributed by atoms with E-state index in [0.717, 1.165) is 5.56 Å². The molecule has 1 aromatic carbocycles. The topological polar surface area (TPSA) is 26.3 Å². The molecule has 0 atom stereocenters. The quantitative estimate of drug-likeness (QED) is 0.601. The van der Waals surface area contributed by atoms with Gasteiger partial charge in [0.05, 0.1) is 6.61 Å². The van der Waals surface area contributed by atoms with Crippen LogP contribution in [-0.4, -0.2) is 12.6 Å². The Hall–Kier alpha value is -0.990. The third kappa shape index (κ3) is 3.94. The van der Waals surface area contributed by atoms with Crippen molar-refractivity contribution in [3.8, 4) is 0 Å². The van der Waals surface area contributed by atoms with Crippen molar-refractivity contribution < 1.29 is 9.53 Å². The van der Waals surface area contributed by atoms with Crippen molar-refractivity contribution in [1.82, 2.24) is 0 Å². The predicted octanol–water partition coefficient (Wildman–Crippen LogP) is 3.48. The summed E-state index contributed by atoms with van der Waals surface area (Å²) in [5, 5.41) is 0.635. The van der Waals surface area contributed by atoms with Gasteiger partial charge in [0, 0.05) is 5.02 Å². The molecular formula is C11H10Cl2O2. The number of carbonyl (C=O) groups is 1. The number of hydrogen-bond donors (Lipinski definition) is 0. The maximum absolute atomic E-state index is 11.2. The zero-order chi connectivity index (χ0) is 11.3. The van der Waals surface area contributed by atoms with Gasteiger partial charge < -0.3 is 4.74 Å². The fourth-order valence-electron chi connectivity index (χ4n) is 1.00. The van der Waals surface area contributed by atoms with E-state index in [9.17, 15) is 4.79 Å². The van der Waals surface area contributed by atoms with E-state index in [1.807, 2.05) is 0 Å². The summed E-state index contributed by atoms with van der Waals surface area (Å²) in [5.74, 6) is -0.529. The third-order valence-corrected chi connectivity index (χ3v) is 2.11. The van der Waals surface area contributed by atoms with Crippen molar-refractivity contribution in [2.24, 2.45) is 0 Å². The lowest BCUT2D eigenvalue weighted by molar-refractivity contribution is -0.137. The van der Waals surface area contributed by atoms with Crippen LogP contribution in [0.15, 0.2) is 29.3 Å². The highest BCUT2D eigenvalue weighted by atomic mass is 35.5. The smallest absolute Gasteiger partial charge is 0.349 e. The largest absolute Gasteiger partial charge is 0.462 e. The average Bonchev–Trinajstić information content (AvgIpc) is 2.18. The van der Waals surface area contributed by atoms with Gasteiger partial charge >= 0.3 is 5.97 Å². The van der Waals surface area contributed by atoms with Crippen LogP contribution in [0.5, 0.6) is 0 Å². The van der Waals surface area contributed by atoms with Crippen LogP contribution in [0.2, 0.25) is 5.02 Å². The molecule has 0 unspecified atom stereocenters. The molecule has 0 fully saturated rings. The Bertz CT molecular complexity index is 386. The van der Waals surface area contributed by atoms with Gasteiger partial charge in [-0.1, -0.05) is 35.3 Å². The minimum atomic E-state index is -0.529. The Morgan fingerprint density at radius 3 is 2.87 bits per heavy atom. The highest BCUT2D eigenvalue weighted by Gasteiger charge is 2.06. The Morgan fingerprint density at radius 2 is 2.27 bits per heavy atom. The SMILES string of the molecule is CCOC(=O)C(Cl)=Cc1cccc(Cl)c1. The summed E-state index contributed by atoms with van der Waals surface area (Å²) >= 11 is 11.5. The molecular weight excluding hydrogens is 235 g/mol. The minimum absolute atomic E-state index is 0.0408. The minimum Gasteiger partial charge on any atom is -0.462 e. The van der Waals surface area contributed by atoms with Crippen molar-refractivity contribution in [2.45, 2.75) is 6.92 Å². The lowest BCUT2D eigenvalue weighted by atomic mass is 10.2. The number of esters is 1. The molecule has 1 aromatic rings. The number of carbonyl (C=O) groups excluding carboxylic acids is 1. The van der Waals surface area contributed by atoms with E-state index in [1.165, 1.54) is 6.08 Å². The Balaban J connectivity index is 2.82. The van der Waals surface area contributed by atoms with Crippen LogP contribution in [0.4, 0.5) is 0 Å². The van der Waals surface area contributed by atoms with Crippen molar-refractivity contribution in [2.75, 3.05) is 6.61 Å². The lowest BCUT2D eigenvalue weighted by Gasteiger charge is -2.00. The molecule has 0 N–H and O–H groups in total. The first-order valence-electron chi connectivity index (χ1n) is 4.43. The highest BCUT2D eigenvalue weighted by Crippen LogP contribution is 2.16. The van der Waals surface area contributed by atoms with Crippen LogP contribution >= 0.6 is 23.2 Å². The Kier molecular flexibility index (Phi) is 4.66. The van der Waals surface area contributed by atoms with Gasteiger partial charge in [-0.3, -0.25) is 0 Å². The molecule has 0 heterocycles. The number of benzene rings is 1. The van der Waals surface area contributed by atoms with E-state index < -0.39 is 5.97 Å². The summed E-state index contributed by atoms with van der Waals surface area (Å²) in [6, 6.07) is 7.04. The van der Waals surface area contributed by atoms with Crippen molar-refractivity contribution >= 4 is 35.2 Å². The molecule has 0 aliphatic carbocycles. The normalized spacial score (nSPS) is 11.3. The predicted molar refractivity (Wildman–Crippen MR) is 61.9 cm³/mol. The zero-order valence-corrected chi connectivity index (χ0v) is 9.68. The van der Waals surface area contributed by atoms with Crippen LogP contribution in [0.1, 0.15) is 12.5 Å². The summed E-state index contributed by atoms with van der Waals surface area (Å²) in [7, 11) is 0. The van der Waals surface area contributed by atoms with Crippen LogP contribution in [0.3, 0.4) is 0 Å². The first-order valence-corrected chi connectivity index (χ1v) is 5.19. The van der Waals surface area contributed by atoms with Gasteiger partial charge in [-0.2, -0.15) is 0 Å². The first-order chi connectivity index (χ1) is 7.13. The molecule has 0 saturated heterocycles. The van der Waals surface area contributed by atoms with Crippen LogP contribution < -0.4 is 0 Å². The highest BCUT2D eigenvalue weighted by molar-refractivity contribution is 6.43. The molecule has 0 bridgehead atoms. The second-order valence-electron chi connectivity index (χ2n) is 2.77. The summed E-state index contributed by atoms with van der Waals surface area (Å²) in [5.41, 5.74) is 0.764. The van der Waals surface area contributed by atoms with Crippen LogP contribution in [0, 0.1) is 0 Å². The molecule has 2 nitrogen and oxygen atoms in total. The average molecular weight is 245 g/mol. The number of halogens is 2. The molecule has 0 aliphatic heterocycles.